The molecule has 4 nitrogen and oxygen atoms in total. The molecule has 7 heteroatoms. The Kier molecular flexibility index (Phi) is 4.88. The van der Waals surface area contributed by atoms with Gasteiger partial charge >= 0.3 is 6.18 Å². The van der Waals surface area contributed by atoms with Gasteiger partial charge in [0.05, 0.1) is 11.8 Å². The van der Waals surface area contributed by atoms with Crippen LogP contribution in [0.4, 0.5) is 13.2 Å². The Morgan fingerprint density at radius 2 is 2.12 bits per heavy atom. The summed E-state index contributed by atoms with van der Waals surface area (Å²) in [4.78, 5) is 13.7. The van der Waals surface area contributed by atoms with Crippen LogP contribution >= 0.6 is 0 Å². The minimum atomic E-state index is -4.75. The Balaban J connectivity index is 1.81. The third-order valence-corrected chi connectivity index (χ3v) is 4.01. The zero-order valence-corrected chi connectivity index (χ0v) is 13.7. The van der Waals surface area contributed by atoms with Gasteiger partial charge in [0, 0.05) is 18.2 Å². The fourth-order valence-corrected chi connectivity index (χ4v) is 2.69. The van der Waals surface area contributed by atoms with E-state index in [2.05, 4.69) is 6.08 Å². The summed E-state index contributed by atoms with van der Waals surface area (Å²) in [5, 5.41) is 9.38. The number of nitrogens with zero attached hydrogens (tertiary/aromatic N) is 1. The van der Waals surface area contributed by atoms with Gasteiger partial charge < -0.3 is 9.84 Å². The number of carbonyl (C=O) groups excluding carboxylic acids is 1. The molecule has 1 aromatic carbocycles. The largest absolute Gasteiger partial charge is 0.507 e. The van der Waals surface area contributed by atoms with Gasteiger partial charge in [0.1, 0.15) is 17.8 Å². The smallest absolute Gasteiger partial charge is 0.419 e. The fourth-order valence-electron chi connectivity index (χ4n) is 2.69. The van der Waals surface area contributed by atoms with E-state index in [-0.39, 0.29) is 5.56 Å². The minimum absolute atomic E-state index is 0.183. The monoisotopic (exact) mass is 363 g/mol. The highest BCUT2D eigenvalue weighted by atomic mass is 19.4. The van der Waals surface area contributed by atoms with Crippen molar-refractivity contribution in [2.24, 2.45) is 0 Å². The third-order valence-electron chi connectivity index (χ3n) is 4.01. The second kappa shape index (κ2) is 7.11. The molecule has 1 aliphatic heterocycles. The van der Waals surface area contributed by atoms with Gasteiger partial charge in [0.15, 0.2) is 0 Å². The van der Waals surface area contributed by atoms with E-state index >= 15 is 0 Å². The maximum atomic E-state index is 12.9. The van der Waals surface area contributed by atoms with Crippen molar-refractivity contribution in [3.8, 4) is 5.75 Å². The summed E-state index contributed by atoms with van der Waals surface area (Å²) >= 11 is 0. The van der Waals surface area contributed by atoms with Crippen molar-refractivity contribution in [1.29, 1.82) is 0 Å². The summed E-state index contributed by atoms with van der Waals surface area (Å²) < 4.78 is 44.1. The van der Waals surface area contributed by atoms with Crippen molar-refractivity contribution >= 4 is 5.91 Å². The maximum absolute atomic E-state index is 12.9. The molecule has 0 saturated carbocycles. The predicted molar refractivity (Wildman–Crippen MR) is 88.7 cm³/mol. The Morgan fingerprint density at radius 3 is 2.81 bits per heavy atom. The van der Waals surface area contributed by atoms with E-state index in [4.69, 9.17) is 4.74 Å². The Hall–Kier alpha value is -2.96. The highest BCUT2D eigenvalue weighted by molar-refractivity contribution is 5.96. The van der Waals surface area contributed by atoms with E-state index in [1.165, 1.54) is 23.6 Å². The highest BCUT2D eigenvalue weighted by Crippen LogP contribution is 2.36. The van der Waals surface area contributed by atoms with Gasteiger partial charge in [-0.25, -0.2) is 0 Å². The van der Waals surface area contributed by atoms with E-state index in [0.717, 1.165) is 30.5 Å². The van der Waals surface area contributed by atoms with Gasteiger partial charge in [0.25, 0.3) is 5.91 Å². The van der Waals surface area contributed by atoms with E-state index in [1.807, 2.05) is 12.2 Å². The number of allylic oxidation sites excluding steroid dienone is 4. The van der Waals surface area contributed by atoms with E-state index < -0.39 is 23.4 Å². The molecule has 0 unspecified atom stereocenters. The molecule has 0 radical (unpaired) electrons. The third kappa shape index (κ3) is 3.99. The number of halogens is 3. The molecule has 2 aliphatic rings. The van der Waals surface area contributed by atoms with E-state index in [0.29, 0.717) is 18.2 Å². The summed E-state index contributed by atoms with van der Waals surface area (Å²) in [6.45, 7) is 0. The molecule has 0 aromatic heterocycles. The standard InChI is InChI=1S/C19H16F3NO3/c20-19(21,22)16-11-14(6-7-17(16)24)18(25)23-8-9-26-15(12-23)10-13-4-2-1-3-5-13/h1-2,4,6-9,11-12,24H,3,5,10H2. The van der Waals surface area contributed by atoms with Crippen LogP contribution < -0.4 is 0 Å². The fraction of sp³-hybridized carbons (Fsp3) is 0.211. The molecule has 1 N–H and O–H groups in total. The van der Waals surface area contributed by atoms with Crippen molar-refractivity contribution in [3.63, 3.8) is 0 Å². The number of benzene rings is 1. The van der Waals surface area contributed by atoms with Gasteiger partial charge in [-0.1, -0.05) is 23.8 Å². The lowest BCUT2D eigenvalue weighted by Crippen LogP contribution is -2.23. The van der Waals surface area contributed by atoms with E-state index in [1.54, 1.807) is 0 Å². The first-order valence-electron chi connectivity index (χ1n) is 7.96. The average molecular weight is 363 g/mol. The summed E-state index contributed by atoms with van der Waals surface area (Å²) in [5.41, 5.74) is -0.286. The molecule has 0 fully saturated rings. The number of amides is 1. The van der Waals surface area contributed by atoms with Crippen LogP contribution in [-0.4, -0.2) is 15.9 Å². The Morgan fingerprint density at radius 1 is 1.31 bits per heavy atom. The average Bonchev–Trinajstić information content (AvgIpc) is 2.62. The molecule has 1 aliphatic carbocycles. The first-order chi connectivity index (χ1) is 12.3. The number of rotatable bonds is 3. The summed E-state index contributed by atoms with van der Waals surface area (Å²) in [6, 6.07) is 2.66. The number of hydrogen-bond acceptors (Lipinski definition) is 3. The molecular formula is C19H16F3NO3. The quantitative estimate of drug-likeness (QED) is 0.834. The van der Waals surface area contributed by atoms with Crippen molar-refractivity contribution in [3.05, 3.63) is 77.5 Å². The van der Waals surface area contributed by atoms with Crippen LogP contribution in [0.3, 0.4) is 0 Å². The predicted octanol–water partition coefficient (Wildman–Crippen LogP) is 4.86. The van der Waals surface area contributed by atoms with Crippen molar-refractivity contribution in [2.45, 2.75) is 25.4 Å². The zero-order chi connectivity index (χ0) is 18.7. The first kappa shape index (κ1) is 17.8. The topological polar surface area (TPSA) is 49.8 Å². The molecule has 0 atom stereocenters. The molecular weight excluding hydrogens is 347 g/mol. The van der Waals surface area contributed by atoms with Crippen LogP contribution in [0.5, 0.6) is 5.75 Å². The summed E-state index contributed by atoms with van der Waals surface area (Å²) in [5.74, 6) is -1.04. The normalized spacial score (nSPS) is 16.8. The first-order valence-corrected chi connectivity index (χ1v) is 7.96. The van der Waals surface area contributed by atoms with Crippen LogP contribution in [0.25, 0.3) is 0 Å². The molecule has 26 heavy (non-hydrogen) atoms. The van der Waals surface area contributed by atoms with Crippen molar-refractivity contribution in [1.82, 2.24) is 4.90 Å². The molecule has 0 bridgehead atoms. The number of ether oxygens (including phenoxy) is 1. The lowest BCUT2D eigenvalue weighted by Gasteiger charge is -2.21. The maximum Gasteiger partial charge on any atom is 0.419 e. The summed E-state index contributed by atoms with van der Waals surface area (Å²) in [6.07, 6.45) is 7.70. The molecule has 136 valence electrons. The van der Waals surface area contributed by atoms with Crippen LogP contribution in [0.2, 0.25) is 0 Å². The number of phenolic OH excluding ortho intramolecular Hbond substituents is 1. The molecule has 0 spiro atoms. The number of carbonyl (C=O) groups is 1. The van der Waals surface area contributed by atoms with Crippen LogP contribution in [-0.2, 0) is 10.9 Å². The van der Waals surface area contributed by atoms with Crippen LogP contribution in [0.1, 0.15) is 35.2 Å². The van der Waals surface area contributed by atoms with Crippen molar-refractivity contribution in [2.75, 3.05) is 0 Å². The lowest BCUT2D eigenvalue weighted by molar-refractivity contribution is -0.138. The van der Waals surface area contributed by atoms with Crippen LogP contribution in [0.15, 0.2) is 66.4 Å². The number of hydrogen-bond donors (Lipinski definition) is 1. The van der Waals surface area contributed by atoms with Gasteiger partial charge in [-0.05, 0) is 31.0 Å². The van der Waals surface area contributed by atoms with Crippen molar-refractivity contribution < 1.29 is 27.8 Å². The molecule has 1 heterocycles. The second-order valence-corrected chi connectivity index (χ2v) is 5.91. The minimum Gasteiger partial charge on any atom is -0.507 e. The summed E-state index contributed by atoms with van der Waals surface area (Å²) in [7, 11) is 0. The van der Waals surface area contributed by atoms with Gasteiger partial charge in [0.2, 0.25) is 0 Å². The molecule has 1 amide bonds. The molecule has 3 rings (SSSR count). The highest BCUT2D eigenvalue weighted by Gasteiger charge is 2.34. The second-order valence-electron chi connectivity index (χ2n) is 5.91. The van der Waals surface area contributed by atoms with Gasteiger partial charge in [-0.3, -0.25) is 9.69 Å². The molecule has 0 saturated heterocycles. The number of aromatic hydroxyl groups is 1. The van der Waals surface area contributed by atoms with Gasteiger partial charge in [-0.15, -0.1) is 0 Å². The number of phenols is 1. The van der Waals surface area contributed by atoms with Crippen LogP contribution in [0, 0.1) is 0 Å². The van der Waals surface area contributed by atoms with Gasteiger partial charge in [-0.2, -0.15) is 13.2 Å². The van der Waals surface area contributed by atoms with E-state index in [9.17, 15) is 23.1 Å². The number of alkyl halides is 3. The Labute approximate surface area is 148 Å². The SMILES string of the molecule is O=C(c1ccc(O)c(C(F)(F)F)c1)N1C=COC(CC2=CC=CCC2)=C1. The lowest BCUT2D eigenvalue weighted by atomic mass is 10.0. The Bertz CT molecular complexity index is 835. The molecule has 1 aromatic rings. The zero-order valence-electron chi connectivity index (χ0n) is 13.7.